The minimum Gasteiger partial charge on any atom is -0.496 e. The van der Waals surface area contributed by atoms with Gasteiger partial charge in [-0.25, -0.2) is 0 Å². The molecule has 1 fully saturated rings. The number of amides is 2. The van der Waals surface area contributed by atoms with Gasteiger partial charge in [0.05, 0.1) is 12.7 Å². The van der Waals surface area contributed by atoms with Crippen LogP contribution < -0.4 is 10.1 Å². The molecule has 2 amide bonds. The second kappa shape index (κ2) is 12.7. The van der Waals surface area contributed by atoms with Gasteiger partial charge in [0.15, 0.2) is 0 Å². The number of hydrogen-bond donors (Lipinski definition) is 1. The summed E-state index contributed by atoms with van der Waals surface area (Å²) < 4.78 is 5.32. The summed E-state index contributed by atoms with van der Waals surface area (Å²) in [6.07, 6.45) is 3.54. The van der Waals surface area contributed by atoms with Crippen molar-refractivity contribution in [2.24, 2.45) is 0 Å². The van der Waals surface area contributed by atoms with Crippen molar-refractivity contribution < 1.29 is 14.3 Å². The molecular formula is C26H35N3O3S. The van der Waals surface area contributed by atoms with Gasteiger partial charge in [0, 0.05) is 32.7 Å². The fraction of sp³-hybridized carbons (Fsp3) is 0.462. The summed E-state index contributed by atoms with van der Waals surface area (Å²) in [6, 6.07) is 15.2. The molecule has 2 aromatic rings. The van der Waals surface area contributed by atoms with Gasteiger partial charge in [-0.05, 0) is 49.5 Å². The Kier molecular flexibility index (Phi) is 9.63. The van der Waals surface area contributed by atoms with Gasteiger partial charge in [0.1, 0.15) is 11.8 Å². The zero-order valence-corrected chi connectivity index (χ0v) is 20.7. The van der Waals surface area contributed by atoms with Crippen LogP contribution in [-0.2, 0) is 11.3 Å². The van der Waals surface area contributed by atoms with E-state index in [4.69, 9.17) is 4.74 Å². The number of aryl methyl sites for hydroxylation is 1. The third kappa shape index (κ3) is 7.24. The Labute approximate surface area is 201 Å². The van der Waals surface area contributed by atoms with Crippen LogP contribution in [0.4, 0.5) is 0 Å². The molecule has 1 saturated heterocycles. The summed E-state index contributed by atoms with van der Waals surface area (Å²) in [6.45, 7) is 6.16. The highest BCUT2D eigenvalue weighted by Crippen LogP contribution is 2.18. The maximum atomic E-state index is 13.4. The SMILES string of the molecule is COc1ccccc1C(=O)NC(CCSC)C(=O)N1CCCN(Cc2ccc(C)cc2)CC1. The van der Waals surface area contributed by atoms with E-state index in [9.17, 15) is 9.59 Å². The number of hydrogen-bond acceptors (Lipinski definition) is 5. The first-order valence-electron chi connectivity index (χ1n) is 11.5. The van der Waals surface area contributed by atoms with Crippen molar-refractivity contribution in [3.8, 4) is 5.75 Å². The number of rotatable bonds is 9. The lowest BCUT2D eigenvalue weighted by Crippen LogP contribution is -2.49. The van der Waals surface area contributed by atoms with Crippen molar-refractivity contribution in [1.82, 2.24) is 15.1 Å². The van der Waals surface area contributed by atoms with E-state index in [1.807, 2.05) is 17.2 Å². The summed E-state index contributed by atoms with van der Waals surface area (Å²) in [5, 5.41) is 2.98. The average molecular weight is 470 g/mol. The average Bonchev–Trinajstić information content (AvgIpc) is 3.08. The van der Waals surface area contributed by atoms with Gasteiger partial charge in [0.25, 0.3) is 5.91 Å². The third-order valence-electron chi connectivity index (χ3n) is 5.99. The van der Waals surface area contributed by atoms with Gasteiger partial charge < -0.3 is 15.0 Å². The van der Waals surface area contributed by atoms with Gasteiger partial charge in [-0.2, -0.15) is 11.8 Å². The van der Waals surface area contributed by atoms with E-state index in [1.54, 1.807) is 37.1 Å². The zero-order chi connectivity index (χ0) is 23.6. The Bertz CT molecular complexity index is 919. The van der Waals surface area contributed by atoms with Crippen LogP contribution in [0.15, 0.2) is 48.5 Å². The molecular weight excluding hydrogens is 434 g/mol. The standard InChI is InChI=1S/C26H35N3O3S/c1-20-9-11-21(12-10-20)19-28-14-6-15-29(17-16-28)26(31)23(13-18-33-3)27-25(30)22-7-4-5-8-24(22)32-2/h4-5,7-12,23H,6,13-19H2,1-3H3,(H,27,30). The number of para-hydroxylation sites is 1. The number of thioether (sulfide) groups is 1. The second-order valence-electron chi connectivity index (χ2n) is 8.45. The molecule has 0 spiro atoms. The van der Waals surface area contributed by atoms with Crippen LogP contribution in [0.3, 0.4) is 0 Å². The highest BCUT2D eigenvalue weighted by Gasteiger charge is 2.28. The Morgan fingerprint density at radius 2 is 1.82 bits per heavy atom. The van der Waals surface area contributed by atoms with E-state index in [1.165, 1.54) is 11.1 Å². The molecule has 7 heteroatoms. The van der Waals surface area contributed by atoms with Crippen molar-refractivity contribution in [3.63, 3.8) is 0 Å². The lowest BCUT2D eigenvalue weighted by atomic mass is 10.1. The van der Waals surface area contributed by atoms with E-state index in [-0.39, 0.29) is 11.8 Å². The number of carbonyl (C=O) groups is 2. The molecule has 1 heterocycles. The van der Waals surface area contributed by atoms with Crippen molar-refractivity contribution in [2.45, 2.75) is 32.4 Å². The lowest BCUT2D eigenvalue weighted by molar-refractivity contribution is -0.133. The summed E-state index contributed by atoms with van der Waals surface area (Å²) in [5.74, 6) is 1.04. The molecule has 0 radical (unpaired) electrons. The van der Waals surface area contributed by atoms with Crippen LogP contribution in [0.1, 0.15) is 34.3 Å². The highest BCUT2D eigenvalue weighted by molar-refractivity contribution is 7.98. The monoisotopic (exact) mass is 469 g/mol. The van der Waals surface area contributed by atoms with E-state index < -0.39 is 6.04 Å². The molecule has 0 saturated carbocycles. The maximum absolute atomic E-state index is 13.4. The van der Waals surface area contributed by atoms with Gasteiger partial charge in [-0.3, -0.25) is 14.5 Å². The first-order valence-corrected chi connectivity index (χ1v) is 12.9. The van der Waals surface area contributed by atoms with Crippen LogP contribution >= 0.6 is 11.8 Å². The number of nitrogens with one attached hydrogen (secondary N) is 1. The molecule has 2 aromatic carbocycles. The first-order chi connectivity index (χ1) is 16.0. The molecule has 0 aliphatic carbocycles. The molecule has 6 nitrogen and oxygen atoms in total. The topological polar surface area (TPSA) is 61.9 Å². The molecule has 1 atom stereocenters. The number of benzene rings is 2. The predicted molar refractivity (Wildman–Crippen MR) is 135 cm³/mol. The van der Waals surface area contributed by atoms with Crippen LogP contribution in [0.25, 0.3) is 0 Å². The number of ether oxygens (including phenoxy) is 1. The molecule has 3 rings (SSSR count). The Morgan fingerprint density at radius 1 is 1.06 bits per heavy atom. The van der Waals surface area contributed by atoms with Gasteiger partial charge >= 0.3 is 0 Å². The number of methoxy groups -OCH3 is 1. The van der Waals surface area contributed by atoms with Crippen molar-refractivity contribution >= 4 is 23.6 Å². The van der Waals surface area contributed by atoms with E-state index in [0.717, 1.165) is 31.8 Å². The second-order valence-corrected chi connectivity index (χ2v) is 9.43. The van der Waals surface area contributed by atoms with E-state index in [0.29, 0.717) is 30.8 Å². The van der Waals surface area contributed by atoms with Crippen LogP contribution in [-0.4, -0.2) is 73.0 Å². The number of carbonyl (C=O) groups excluding carboxylic acids is 2. The van der Waals surface area contributed by atoms with E-state index in [2.05, 4.69) is 41.4 Å². The largest absolute Gasteiger partial charge is 0.496 e. The molecule has 0 bridgehead atoms. The highest BCUT2D eigenvalue weighted by atomic mass is 32.2. The van der Waals surface area contributed by atoms with Crippen molar-refractivity contribution in [3.05, 3.63) is 65.2 Å². The zero-order valence-electron chi connectivity index (χ0n) is 19.9. The lowest BCUT2D eigenvalue weighted by Gasteiger charge is -2.27. The maximum Gasteiger partial charge on any atom is 0.255 e. The minimum absolute atomic E-state index is 0.00415. The third-order valence-corrected chi connectivity index (χ3v) is 6.64. The summed E-state index contributed by atoms with van der Waals surface area (Å²) in [4.78, 5) is 30.7. The molecule has 33 heavy (non-hydrogen) atoms. The summed E-state index contributed by atoms with van der Waals surface area (Å²) in [7, 11) is 1.54. The minimum atomic E-state index is -0.543. The molecule has 1 aliphatic heterocycles. The fourth-order valence-electron chi connectivity index (χ4n) is 4.08. The molecule has 1 unspecified atom stereocenters. The van der Waals surface area contributed by atoms with Crippen LogP contribution in [0.2, 0.25) is 0 Å². The van der Waals surface area contributed by atoms with Gasteiger partial charge in [-0.15, -0.1) is 0 Å². The quantitative estimate of drug-likeness (QED) is 0.608. The molecule has 0 aromatic heterocycles. The van der Waals surface area contributed by atoms with E-state index >= 15 is 0 Å². The first kappa shape index (κ1) is 25.1. The number of nitrogens with zero attached hydrogens (tertiary/aromatic N) is 2. The Hall–Kier alpha value is -2.51. The van der Waals surface area contributed by atoms with Gasteiger partial charge in [0.2, 0.25) is 5.91 Å². The summed E-state index contributed by atoms with van der Waals surface area (Å²) in [5.41, 5.74) is 3.00. The normalized spacial score (nSPS) is 15.5. The van der Waals surface area contributed by atoms with Gasteiger partial charge in [-0.1, -0.05) is 42.0 Å². The van der Waals surface area contributed by atoms with Crippen LogP contribution in [0.5, 0.6) is 5.75 Å². The van der Waals surface area contributed by atoms with Crippen LogP contribution in [0, 0.1) is 6.92 Å². The Morgan fingerprint density at radius 3 is 2.55 bits per heavy atom. The summed E-state index contributed by atoms with van der Waals surface area (Å²) >= 11 is 1.68. The predicted octanol–water partition coefficient (Wildman–Crippen LogP) is 3.59. The molecule has 1 aliphatic rings. The van der Waals surface area contributed by atoms with Crippen molar-refractivity contribution in [2.75, 3.05) is 45.3 Å². The smallest absolute Gasteiger partial charge is 0.255 e. The Balaban J connectivity index is 1.63. The molecule has 1 N–H and O–H groups in total. The molecule has 178 valence electrons. The fourth-order valence-corrected chi connectivity index (χ4v) is 4.55. The van der Waals surface area contributed by atoms with Crippen molar-refractivity contribution in [1.29, 1.82) is 0 Å².